The van der Waals surface area contributed by atoms with Gasteiger partial charge in [-0.25, -0.2) is 4.68 Å². The highest BCUT2D eigenvalue weighted by Gasteiger charge is 2.44. The van der Waals surface area contributed by atoms with Crippen molar-refractivity contribution in [3.05, 3.63) is 76.0 Å². The average molecular weight is 476 g/mol. The summed E-state index contributed by atoms with van der Waals surface area (Å²) in [5, 5.41) is 7.58. The monoisotopic (exact) mass is 475 g/mol. The van der Waals surface area contributed by atoms with Gasteiger partial charge >= 0.3 is 0 Å². The van der Waals surface area contributed by atoms with E-state index < -0.39 is 0 Å². The van der Waals surface area contributed by atoms with Crippen LogP contribution in [0.4, 0.5) is 5.69 Å². The molecule has 184 valence electrons. The Morgan fingerprint density at radius 3 is 2.31 bits per heavy atom. The highest BCUT2D eigenvalue weighted by molar-refractivity contribution is 5.76. The van der Waals surface area contributed by atoms with Gasteiger partial charge in [-0.3, -0.25) is 4.79 Å². The molecule has 2 aromatic carbocycles. The lowest BCUT2D eigenvalue weighted by Crippen LogP contribution is -2.32. The summed E-state index contributed by atoms with van der Waals surface area (Å²) in [6.07, 6.45) is 4.94. The summed E-state index contributed by atoms with van der Waals surface area (Å²) in [5.74, 6) is 0.713. The molecule has 0 saturated heterocycles. The van der Waals surface area contributed by atoms with Gasteiger partial charge in [0.2, 0.25) is 0 Å². The van der Waals surface area contributed by atoms with Gasteiger partial charge in [0.1, 0.15) is 18.0 Å². The van der Waals surface area contributed by atoms with Crippen molar-refractivity contribution < 1.29 is 9.53 Å². The number of anilines is 1. The Labute approximate surface area is 206 Å². The molecule has 35 heavy (non-hydrogen) atoms. The van der Waals surface area contributed by atoms with E-state index in [-0.39, 0.29) is 6.54 Å². The lowest BCUT2D eigenvalue weighted by Gasteiger charge is -2.24. The van der Waals surface area contributed by atoms with Crippen LogP contribution in [0.25, 0.3) is 5.69 Å². The van der Waals surface area contributed by atoms with Crippen LogP contribution in [-0.2, 0) is 19.4 Å². The third-order valence-corrected chi connectivity index (χ3v) is 7.13. The Bertz CT molecular complexity index is 1160. The number of nitroso groups, excluding NO2 is 1. The molecule has 1 saturated carbocycles. The van der Waals surface area contributed by atoms with Gasteiger partial charge < -0.3 is 14.5 Å². The number of methoxy groups -OCH3 is 1. The molecule has 8 heteroatoms. The molecule has 1 aliphatic rings. The van der Waals surface area contributed by atoms with Crippen LogP contribution in [0.5, 0.6) is 5.75 Å². The number of carbonyl (C=O) groups is 1. The number of aromatic nitrogens is 2. The number of hydrogen-bond donors (Lipinski definition) is 0. The first-order chi connectivity index (χ1) is 16.9. The minimum absolute atomic E-state index is 0.0780. The summed E-state index contributed by atoms with van der Waals surface area (Å²) in [6.45, 7) is 0.591. The molecule has 0 aliphatic heterocycles. The van der Waals surface area contributed by atoms with Crippen molar-refractivity contribution in [3.63, 3.8) is 0 Å². The lowest BCUT2D eigenvalue weighted by molar-refractivity contribution is 0.111. The molecular formula is C27H33N5O3. The van der Waals surface area contributed by atoms with Crippen LogP contribution in [0, 0.1) is 4.91 Å². The molecule has 0 radical (unpaired) electrons. The fourth-order valence-corrected chi connectivity index (χ4v) is 4.60. The maximum Gasteiger partial charge on any atom is 0.168 e. The molecule has 0 spiro atoms. The second-order valence-electron chi connectivity index (χ2n) is 9.46. The number of ether oxygens (including phenoxy) is 1. The van der Waals surface area contributed by atoms with Gasteiger partial charge in [-0.1, -0.05) is 17.3 Å². The van der Waals surface area contributed by atoms with Crippen LogP contribution in [-0.4, -0.2) is 61.3 Å². The number of aldehydes is 1. The third-order valence-electron chi connectivity index (χ3n) is 7.13. The fourth-order valence-electron chi connectivity index (χ4n) is 4.60. The van der Waals surface area contributed by atoms with Gasteiger partial charge in [-0.05, 0) is 81.7 Å². The van der Waals surface area contributed by atoms with E-state index in [9.17, 15) is 9.70 Å². The molecule has 0 unspecified atom stereocenters. The molecule has 0 amide bonds. The van der Waals surface area contributed by atoms with Crippen LogP contribution in [0.2, 0.25) is 0 Å². The summed E-state index contributed by atoms with van der Waals surface area (Å²) in [4.78, 5) is 27.6. The molecule has 0 N–H and O–H groups in total. The Kier molecular flexibility index (Phi) is 7.31. The second kappa shape index (κ2) is 10.4. The number of carbonyl (C=O) groups excluding carboxylic acids is 1. The zero-order valence-electron chi connectivity index (χ0n) is 20.9. The zero-order valence-corrected chi connectivity index (χ0v) is 20.9. The number of rotatable bonds is 12. The summed E-state index contributed by atoms with van der Waals surface area (Å²) >= 11 is 0. The van der Waals surface area contributed by atoms with Crippen LogP contribution >= 0.6 is 0 Å². The molecule has 8 nitrogen and oxygen atoms in total. The Hall–Kier alpha value is -3.52. The van der Waals surface area contributed by atoms with Crippen molar-refractivity contribution in [1.82, 2.24) is 14.7 Å². The van der Waals surface area contributed by atoms with Crippen molar-refractivity contribution >= 4 is 12.0 Å². The molecule has 0 atom stereocenters. The van der Waals surface area contributed by atoms with E-state index in [0.29, 0.717) is 35.6 Å². The van der Waals surface area contributed by atoms with Crippen LogP contribution in [0.15, 0.2) is 53.7 Å². The highest BCUT2D eigenvalue weighted by atomic mass is 16.5. The van der Waals surface area contributed by atoms with E-state index in [4.69, 9.17) is 4.74 Å². The first-order valence-corrected chi connectivity index (χ1v) is 11.9. The molecule has 1 fully saturated rings. The molecule has 1 heterocycles. The zero-order chi connectivity index (χ0) is 25.0. The van der Waals surface area contributed by atoms with Crippen molar-refractivity contribution in [1.29, 1.82) is 0 Å². The minimum atomic E-state index is -0.0780. The predicted octanol–water partition coefficient (Wildman–Crippen LogP) is 4.28. The van der Waals surface area contributed by atoms with Crippen LogP contribution in [0.3, 0.4) is 0 Å². The van der Waals surface area contributed by atoms with Gasteiger partial charge in [-0.15, -0.1) is 0 Å². The highest BCUT2D eigenvalue weighted by Crippen LogP contribution is 2.43. The molecular weight excluding hydrogens is 442 g/mol. The smallest absolute Gasteiger partial charge is 0.168 e. The summed E-state index contributed by atoms with van der Waals surface area (Å²) in [6, 6.07) is 16.0. The molecule has 4 rings (SSSR count). The maximum absolute atomic E-state index is 12.1. The van der Waals surface area contributed by atoms with E-state index >= 15 is 0 Å². The number of benzene rings is 2. The Balaban J connectivity index is 1.49. The summed E-state index contributed by atoms with van der Waals surface area (Å²) < 4.78 is 6.80. The maximum atomic E-state index is 12.1. The quantitative estimate of drug-likeness (QED) is 0.287. The van der Waals surface area contributed by atoms with Crippen molar-refractivity contribution in [2.45, 2.75) is 37.8 Å². The number of hydrogen-bond acceptors (Lipinski definition) is 7. The Morgan fingerprint density at radius 2 is 1.77 bits per heavy atom. The molecule has 1 aliphatic carbocycles. The van der Waals surface area contributed by atoms with E-state index in [1.165, 1.54) is 18.4 Å². The van der Waals surface area contributed by atoms with Gasteiger partial charge in [0.25, 0.3) is 0 Å². The van der Waals surface area contributed by atoms with E-state index in [2.05, 4.69) is 58.4 Å². The first-order valence-electron chi connectivity index (χ1n) is 11.9. The van der Waals surface area contributed by atoms with Gasteiger partial charge in [0, 0.05) is 30.4 Å². The Morgan fingerprint density at radius 1 is 1.09 bits per heavy atom. The average Bonchev–Trinajstić information content (AvgIpc) is 3.58. The van der Waals surface area contributed by atoms with Crippen molar-refractivity contribution in [3.8, 4) is 11.4 Å². The molecule has 0 bridgehead atoms. The van der Waals surface area contributed by atoms with Gasteiger partial charge in [0.05, 0.1) is 18.5 Å². The van der Waals surface area contributed by atoms with Crippen molar-refractivity contribution in [2.24, 2.45) is 5.18 Å². The molecule has 3 aromatic rings. The number of likely N-dealkylation sites (N-methyl/N-ethyl adjacent to an activating group) is 2. The standard InChI is InChI=1S/C27H33N5O3/c1-30(2)27(14-15-27)17-20-5-7-21(8-6-20)31(3)16-13-24-25(18-28-34)29-32(26(24)19-33)22-9-11-23(35-4)12-10-22/h5-12,19H,13-18H2,1-4H3. The lowest BCUT2D eigenvalue weighted by atomic mass is 10.0. The summed E-state index contributed by atoms with van der Waals surface area (Å²) in [5.41, 5.74) is 5.22. The van der Waals surface area contributed by atoms with E-state index in [0.717, 1.165) is 29.6 Å². The molecule has 1 aromatic heterocycles. The van der Waals surface area contributed by atoms with Crippen LogP contribution in [0.1, 0.15) is 40.2 Å². The van der Waals surface area contributed by atoms with Gasteiger partial charge in [-0.2, -0.15) is 10.0 Å². The third kappa shape index (κ3) is 5.27. The van der Waals surface area contributed by atoms with E-state index in [1.54, 1.807) is 11.8 Å². The topological polar surface area (TPSA) is 80.0 Å². The van der Waals surface area contributed by atoms with Crippen LogP contribution < -0.4 is 9.64 Å². The summed E-state index contributed by atoms with van der Waals surface area (Å²) in [7, 11) is 7.95. The fraction of sp³-hybridized carbons (Fsp3) is 0.407. The van der Waals surface area contributed by atoms with E-state index in [1.807, 2.05) is 31.3 Å². The normalized spacial score (nSPS) is 14.1. The second-order valence-corrected chi connectivity index (χ2v) is 9.46. The minimum Gasteiger partial charge on any atom is -0.497 e. The van der Waals surface area contributed by atoms with Gasteiger partial charge in [0.15, 0.2) is 6.29 Å². The predicted molar refractivity (Wildman–Crippen MR) is 138 cm³/mol. The number of nitrogens with zero attached hydrogens (tertiary/aromatic N) is 5. The first kappa shape index (κ1) is 24.6. The SMILES string of the molecule is COc1ccc(-n2nc(CN=O)c(CCN(C)c3ccc(CC4(N(C)C)CC4)cc3)c2C=O)cc1. The largest absolute Gasteiger partial charge is 0.497 e. The van der Waals surface area contributed by atoms with Crippen molar-refractivity contribution in [2.75, 3.05) is 39.7 Å².